The molecule has 0 bridgehead atoms. The fourth-order valence-corrected chi connectivity index (χ4v) is 2.99. The van der Waals surface area contributed by atoms with Gasteiger partial charge in [0.05, 0.1) is 5.41 Å². The van der Waals surface area contributed by atoms with Crippen molar-refractivity contribution in [3.05, 3.63) is 0 Å². The maximum atomic E-state index is 12.1. The summed E-state index contributed by atoms with van der Waals surface area (Å²) in [5, 5.41) is 2.92. The predicted octanol–water partition coefficient (Wildman–Crippen LogP) is 1.77. The van der Waals surface area contributed by atoms with E-state index in [-0.39, 0.29) is 17.9 Å². The molecular formula is C14H24N2O3. The van der Waals surface area contributed by atoms with Crippen molar-refractivity contribution in [2.24, 2.45) is 11.3 Å². The minimum atomic E-state index is -0.495. The first-order valence-corrected chi connectivity index (χ1v) is 7.01. The minimum Gasteiger partial charge on any atom is -0.444 e. The zero-order valence-corrected chi connectivity index (χ0v) is 12.3. The zero-order chi connectivity index (χ0) is 14.3. The second-order valence-electron chi connectivity index (χ2n) is 6.77. The van der Waals surface area contributed by atoms with Gasteiger partial charge >= 0.3 is 6.09 Å². The number of hydrogen-bond acceptors (Lipinski definition) is 3. The molecule has 19 heavy (non-hydrogen) atoms. The van der Waals surface area contributed by atoms with E-state index in [1.165, 1.54) is 0 Å². The molecule has 2 heterocycles. The van der Waals surface area contributed by atoms with Gasteiger partial charge in [-0.05, 0) is 39.5 Å². The Hall–Kier alpha value is -1.26. The summed E-state index contributed by atoms with van der Waals surface area (Å²) in [6.45, 7) is 9.52. The fraction of sp³-hybridized carbons (Fsp3) is 0.857. The molecule has 2 unspecified atom stereocenters. The van der Waals surface area contributed by atoms with Gasteiger partial charge in [0, 0.05) is 19.6 Å². The highest BCUT2D eigenvalue weighted by Crippen LogP contribution is 2.40. The van der Waals surface area contributed by atoms with Gasteiger partial charge in [-0.3, -0.25) is 4.79 Å². The molecule has 2 aliphatic rings. The number of hydrogen-bond donors (Lipinski definition) is 1. The van der Waals surface area contributed by atoms with Crippen LogP contribution in [0, 0.1) is 11.3 Å². The third-order valence-electron chi connectivity index (χ3n) is 4.14. The zero-order valence-electron chi connectivity index (χ0n) is 12.3. The van der Waals surface area contributed by atoms with E-state index in [1.807, 2.05) is 20.8 Å². The van der Waals surface area contributed by atoms with Crippen molar-refractivity contribution >= 4 is 12.0 Å². The molecule has 0 saturated carbocycles. The van der Waals surface area contributed by atoms with Gasteiger partial charge in [0.2, 0.25) is 5.91 Å². The van der Waals surface area contributed by atoms with Gasteiger partial charge in [0.1, 0.15) is 5.60 Å². The third-order valence-corrected chi connectivity index (χ3v) is 4.14. The molecule has 0 aromatic heterocycles. The van der Waals surface area contributed by atoms with Gasteiger partial charge in [0.25, 0.3) is 0 Å². The Morgan fingerprint density at radius 2 is 2.16 bits per heavy atom. The van der Waals surface area contributed by atoms with Crippen LogP contribution in [0.25, 0.3) is 0 Å². The molecule has 2 atom stereocenters. The number of nitrogens with one attached hydrogen (secondary N) is 1. The number of nitrogens with zero attached hydrogens (tertiary/aromatic N) is 1. The smallest absolute Gasteiger partial charge is 0.410 e. The van der Waals surface area contributed by atoms with Crippen molar-refractivity contribution in [3.63, 3.8) is 0 Å². The minimum absolute atomic E-state index is 0.0910. The van der Waals surface area contributed by atoms with Gasteiger partial charge in [0.15, 0.2) is 0 Å². The summed E-state index contributed by atoms with van der Waals surface area (Å²) in [7, 11) is 0. The molecule has 2 saturated heterocycles. The van der Waals surface area contributed by atoms with Crippen LogP contribution in [0.5, 0.6) is 0 Å². The standard InChI is InChI=1S/C14H24N2O3/c1-10-8-15-11(17)14(10)6-5-7-16(9-14)12(18)19-13(2,3)4/h10H,5-9H2,1-4H3,(H,15,17). The molecular weight excluding hydrogens is 244 g/mol. The largest absolute Gasteiger partial charge is 0.444 e. The first kappa shape index (κ1) is 14.2. The van der Waals surface area contributed by atoms with Crippen LogP contribution in [0.15, 0.2) is 0 Å². The fourth-order valence-electron chi connectivity index (χ4n) is 2.99. The van der Waals surface area contributed by atoms with Crippen molar-refractivity contribution in [1.82, 2.24) is 10.2 Å². The number of carbonyl (C=O) groups is 2. The van der Waals surface area contributed by atoms with Crippen LogP contribution >= 0.6 is 0 Å². The van der Waals surface area contributed by atoms with Crippen molar-refractivity contribution < 1.29 is 14.3 Å². The van der Waals surface area contributed by atoms with Gasteiger partial charge in [-0.2, -0.15) is 0 Å². The Balaban J connectivity index is 2.09. The maximum Gasteiger partial charge on any atom is 0.410 e. The molecule has 1 N–H and O–H groups in total. The molecule has 108 valence electrons. The highest BCUT2D eigenvalue weighted by molar-refractivity contribution is 5.86. The summed E-state index contributed by atoms with van der Waals surface area (Å²) in [5.74, 6) is 0.360. The van der Waals surface area contributed by atoms with Crippen LogP contribution in [0.1, 0.15) is 40.5 Å². The first-order chi connectivity index (χ1) is 8.74. The Morgan fingerprint density at radius 1 is 1.47 bits per heavy atom. The lowest BCUT2D eigenvalue weighted by molar-refractivity contribution is -0.131. The van der Waals surface area contributed by atoms with Crippen LogP contribution in [-0.2, 0) is 9.53 Å². The molecule has 0 aromatic carbocycles. The molecule has 2 fully saturated rings. The van der Waals surface area contributed by atoms with Gasteiger partial charge in [-0.1, -0.05) is 6.92 Å². The summed E-state index contributed by atoms with van der Waals surface area (Å²) >= 11 is 0. The quantitative estimate of drug-likeness (QED) is 0.728. The van der Waals surface area contributed by atoms with Crippen LogP contribution in [0.4, 0.5) is 4.79 Å². The monoisotopic (exact) mass is 268 g/mol. The summed E-state index contributed by atoms with van der Waals surface area (Å²) in [4.78, 5) is 26.0. The second-order valence-corrected chi connectivity index (χ2v) is 6.77. The lowest BCUT2D eigenvalue weighted by Gasteiger charge is -2.41. The van der Waals surface area contributed by atoms with E-state index in [0.717, 1.165) is 12.8 Å². The normalized spacial score (nSPS) is 31.5. The summed E-state index contributed by atoms with van der Waals surface area (Å²) in [6, 6.07) is 0. The number of amides is 2. The van der Waals surface area contributed by atoms with E-state index in [1.54, 1.807) is 4.90 Å². The average Bonchev–Trinajstić information content (AvgIpc) is 2.56. The van der Waals surface area contributed by atoms with Crippen molar-refractivity contribution in [3.8, 4) is 0 Å². The third kappa shape index (κ3) is 2.69. The molecule has 5 heteroatoms. The molecule has 2 rings (SSSR count). The van der Waals surface area contributed by atoms with Crippen molar-refractivity contribution in [2.75, 3.05) is 19.6 Å². The van der Waals surface area contributed by atoms with Crippen LogP contribution < -0.4 is 5.32 Å². The molecule has 5 nitrogen and oxygen atoms in total. The topological polar surface area (TPSA) is 58.6 Å². The average molecular weight is 268 g/mol. The maximum absolute atomic E-state index is 12.1. The molecule has 0 aromatic rings. The van der Waals surface area contributed by atoms with Crippen molar-refractivity contribution in [1.29, 1.82) is 0 Å². The van der Waals surface area contributed by atoms with E-state index in [0.29, 0.717) is 19.6 Å². The summed E-state index contributed by atoms with van der Waals surface area (Å²) < 4.78 is 5.41. The highest BCUT2D eigenvalue weighted by atomic mass is 16.6. The Labute approximate surface area is 114 Å². The number of ether oxygens (including phenoxy) is 1. The van der Waals surface area contributed by atoms with E-state index in [2.05, 4.69) is 12.2 Å². The lowest BCUT2D eigenvalue weighted by atomic mass is 9.72. The second kappa shape index (κ2) is 4.69. The summed E-state index contributed by atoms with van der Waals surface area (Å²) in [6.07, 6.45) is 1.41. The van der Waals surface area contributed by atoms with Crippen LogP contribution in [0.3, 0.4) is 0 Å². The molecule has 0 radical (unpaired) electrons. The number of rotatable bonds is 0. The molecule has 0 aliphatic carbocycles. The Kier molecular flexibility index (Phi) is 3.49. The van der Waals surface area contributed by atoms with E-state index in [4.69, 9.17) is 4.74 Å². The van der Waals surface area contributed by atoms with Crippen LogP contribution in [0.2, 0.25) is 0 Å². The van der Waals surface area contributed by atoms with Gasteiger partial charge in [-0.15, -0.1) is 0 Å². The molecule has 2 amide bonds. The SMILES string of the molecule is CC1CNC(=O)C12CCCN(C(=O)OC(C)(C)C)C2. The lowest BCUT2D eigenvalue weighted by Crippen LogP contribution is -2.52. The number of piperidine rings is 1. The highest BCUT2D eigenvalue weighted by Gasteiger charge is 2.51. The number of likely N-dealkylation sites (tertiary alicyclic amines) is 1. The van der Waals surface area contributed by atoms with Crippen LogP contribution in [-0.4, -0.2) is 42.1 Å². The molecule has 1 spiro atoms. The molecule has 2 aliphatic heterocycles. The van der Waals surface area contributed by atoms with E-state index in [9.17, 15) is 9.59 Å². The first-order valence-electron chi connectivity index (χ1n) is 7.01. The predicted molar refractivity (Wildman–Crippen MR) is 71.6 cm³/mol. The Morgan fingerprint density at radius 3 is 2.68 bits per heavy atom. The van der Waals surface area contributed by atoms with Crippen molar-refractivity contribution in [2.45, 2.75) is 46.1 Å². The van der Waals surface area contributed by atoms with Gasteiger partial charge in [-0.25, -0.2) is 4.79 Å². The van der Waals surface area contributed by atoms with Gasteiger partial charge < -0.3 is 15.0 Å². The number of carbonyl (C=O) groups excluding carboxylic acids is 2. The Bertz CT molecular complexity index is 389. The summed E-state index contributed by atoms with van der Waals surface area (Å²) in [5.41, 5.74) is -0.902. The van der Waals surface area contributed by atoms with E-state index >= 15 is 0 Å². The van der Waals surface area contributed by atoms with E-state index < -0.39 is 11.0 Å².